The predicted octanol–water partition coefficient (Wildman–Crippen LogP) is 11.8. The lowest BCUT2D eigenvalue weighted by atomic mass is 10.1. The lowest BCUT2D eigenvalue weighted by molar-refractivity contribution is -0.126. The number of nitrogens with one attached hydrogen (secondary N) is 1. The third-order valence-electron chi connectivity index (χ3n) is 12.4. The van der Waals surface area contributed by atoms with Crippen molar-refractivity contribution in [2.45, 2.75) is 71.6 Å². The summed E-state index contributed by atoms with van der Waals surface area (Å²) in [4.78, 5) is 43.9. The van der Waals surface area contributed by atoms with Crippen molar-refractivity contribution in [1.82, 2.24) is 15.1 Å². The molecule has 0 spiro atoms. The number of amides is 3. The van der Waals surface area contributed by atoms with E-state index < -0.39 is 6.09 Å². The summed E-state index contributed by atoms with van der Waals surface area (Å²) < 4.78 is 30.7. The highest BCUT2D eigenvalue weighted by Gasteiger charge is 2.18. The predicted molar refractivity (Wildman–Crippen MR) is 299 cm³/mol. The van der Waals surface area contributed by atoms with Crippen LogP contribution in [0.2, 0.25) is 0 Å². The first-order chi connectivity index (χ1) is 37.4. The third-order valence-corrected chi connectivity index (χ3v) is 12.4. The zero-order chi connectivity index (χ0) is 52.8. The van der Waals surface area contributed by atoms with Crippen molar-refractivity contribution in [2.75, 3.05) is 39.3 Å². The van der Waals surface area contributed by atoms with Crippen molar-refractivity contribution in [3.63, 3.8) is 0 Å². The maximum absolute atomic E-state index is 13.7. The maximum Gasteiger partial charge on any atom is 0.410 e. The Labute approximate surface area is 448 Å². The minimum absolute atomic E-state index is 0.0904. The van der Waals surface area contributed by atoms with Gasteiger partial charge in [-0.25, -0.2) is 4.79 Å². The van der Waals surface area contributed by atoms with Crippen molar-refractivity contribution in [1.29, 1.82) is 0 Å². The highest BCUT2D eigenvalue weighted by atomic mass is 16.6. The van der Waals surface area contributed by atoms with E-state index in [0.29, 0.717) is 121 Å². The SMILES string of the molecule is NCCCN(CCCCN(CCCNC(=O)CCc1ccc(OCc2ccccc2)c(OCc2ccccc2)c1)C(=O)OCc1ccccc1)C(=O)/C=C/c1ccc(OCc2ccccc2)c(OCc2ccccc2)c1. The van der Waals surface area contributed by atoms with Gasteiger partial charge >= 0.3 is 6.09 Å². The Morgan fingerprint density at radius 2 is 0.882 bits per heavy atom. The monoisotopic (exact) mass is 1020 g/mol. The molecule has 0 atom stereocenters. The van der Waals surface area contributed by atoms with Crippen molar-refractivity contribution >= 4 is 24.0 Å². The molecule has 12 heteroatoms. The molecule has 0 radical (unpaired) electrons. The third kappa shape index (κ3) is 19.5. The number of nitrogens with zero attached hydrogens (tertiary/aromatic N) is 2. The Bertz CT molecular complexity index is 2840. The first-order valence-electron chi connectivity index (χ1n) is 26.2. The number of carbonyl (C=O) groups is 3. The lowest BCUT2D eigenvalue weighted by Gasteiger charge is -2.24. The standard InChI is InChI=1S/C64H70N4O8/c65-38-18-42-67(63(70)37-33-52-31-35-59(73-47-54-22-8-2-9-23-54)61(45-52)75-49-56-26-12-4-13-27-56)40-16-17-41-68(64(71)76-50-57-28-14-5-15-29-57)43-19-39-66-62(69)36-32-51-30-34-58(72-46-53-20-6-1-7-21-53)60(44-51)74-48-55-24-10-3-11-25-55/h1-15,20-31,33-35,37,44-45H,16-19,32,36,38-43,46-50,65H2,(H,66,69)/b37-33+. The molecule has 3 amide bonds. The molecule has 0 aliphatic carbocycles. The summed E-state index contributed by atoms with van der Waals surface area (Å²) in [6.45, 7) is 4.28. The average molecular weight is 1020 g/mol. The lowest BCUT2D eigenvalue weighted by Crippen LogP contribution is -2.36. The molecule has 0 heterocycles. The first-order valence-corrected chi connectivity index (χ1v) is 26.2. The van der Waals surface area contributed by atoms with Crippen LogP contribution >= 0.6 is 0 Å². The second kappa shape index (κ2) is 31.4. The molecule has 394 valence electrons. The van der Waals surface area contributed by atoms with Crippen LogP contribution in [0.5, 0.6) is 23.0 Å². The molecule has 7 aromatic rings. The number of hydrogen-bond donors (Lipinski definition) is 2. The molecule has 12 nitrogen and oxygen atoms in total. The van der Waals surface area contributed by atoms with E-state index in [0.717, 1.165) is 38.9 Å². The summed E-state index contributed by atoms with van der Waals surface area (Å²) in [6.07, 6.45) is 6.18. The van der Waals surface area contributed by atoms with Crippen LogP contribution in [-0.4, -0.2) is 67.0 Å². The fraction of sp³-hybridized carbons (Fsp3) is 0.266. The molecule has 7 rings (SSSR count). The van der Waals surface area contributed by atoms with E-state index in [-0.39, 0.29) is 24.8 Å². The summed E-state index contributed by atoms with van der Waals surface area (Å²) in [6, 6.07) is 60.9. The van der Waals surface area contributed by atoms with Crippen LogP contribution in [0, 0.1) is 0 Å². The largest absolute Gasteiger partial charge is 0.485 e. The molecule has 0 aromatic heterocycles. The number of nitrogens with two attached hydrogens (primary N) is 1. The molecule has 0 aliphatic heterocycles. The Hall–Kier alpha value is -8.35. The van der Waals surface area contributed by atoms with Crippen LogP contribution in [0.1, 0.15) is 71.0 Å². The average Bonchev–Trinajstić information content (AvgIpc) is 3.47. The summed E-state index contributed by atoms with van der Waals surface area (Å²) in [5, 5.41) is 3.04. The van der Waals surface area contributed by atoms with Gasteiger partial charge in [-0.1, -0.05) is 164 Å². The van der Waals surface area contributed by atoms with Gasteiger partial charge in [0, 0.05) is 45.2 Å². The van der Waals surface area contributed by atoms with Crippen molar-refractivity contribution in [3.05, 3.63) is 233 Å². The smallest absolute Gasteiger partial charge is 0.410 e. The summed E-state index contributed by atoms with van der Waals surface area (Å²) in [5.41, 5.74) is 12.7. The summed E-state index contributed by atoms with van der Waals surface area (Å²) in [5.74, 6) is 2.20. The van der Waals surface area contributed by atoms with Crippen molar-refractivity contribution in [2.24, 2.45) is 5.73 Å². The summed E-state index contributed by atoms with van der Waals surface area (Å²) in [7, 11) is 0. The second-order valence-electron chi connectivity index (χ2n) is 18.3. The zero-order valence-corrected chi connectivity index (χ0v) is 43.3. The molecular formula is C64H70N4O8. The summed E-state index contributed by atoms with van der Waals surface area (Å²) >= 11 is 0. The minimum Gasteiger partial charge on any atom is -0.485 e. The molecule has 3 N–H and O–H groups in total. The van der Waals surface area contributed by atoms with Gasteiger partial charge < -0.3 is 44.5 Å². The molecule has 0 saturated heterocycles. The molecule has 76 heavy (non-hydrogen) atoms. The van der Waals surface area contributed by atoms with Gasteiger partial charge in [0.15, 0.2) is 23.0 Å². The number of carbonyl (C=O) groups excluding carboxylic acids is 3. The normalized spacial score (nSPS) is 10.9. The van der Waals surface area contributed by atoms with Crippen molar-refractivity contribution < 1.29 is 38.1 Å². The highest BCUT2D eigenvalue weighted by molar-refractivity contribution is 5.92. The first kappa shape index (κ1) is 55.4. The Balaban J connectivity index is 0.906. The molecule has 7 aromatic carbocycles. The fourth-order valence-electron chi connectivity index (χ4n) is 8.18. The van der Waals surface area contributed by atoms with Gasteiger partial charge in [0.05, 0.1) is 0 Å². The van der Waals surface area contributed by atoms with Crippen LogP contribution in [0.15, 0.2) is 194 Å². The Morgan fingerprint density at radius 1 is 0.447 bits per heavy atom. The van der Waals surface area contributed by atoms with E-state index in [1.807, 2.05) is 188 Å². The molecular weight excluding hydrogens is 953 g/mol. The van der Waals surface area contributed by atoms with Gasteiger partial charge in [0.1, 0.15) is 33.0 Å². The van der Waals surface area contributed by atoms with Crippen molar-refractivity contribution in [3.8, 4) is 23.0 Å². The van der Waals surface area contributed by atoms with E-state index in [1.165, 1.54) is 0 Å². The van der Waals surface area contributed by atoms with Crippen LogP contribution in [0.25, 0.3) is 6.08 Å². The molecule has 0 unspecified atom stereocenters. The Morgan fingerprint density at radius 3 is 1.39 bits per heavy atom. The van der Waals surface area contributed by atoms with Crippen LogP contribution in [0.3, 0.4) is 0 Å². The molecule has 0 aliphatic rings. The second-order valence-corrected chi connectivity index (χ2v) is 18.3. The Kier molecular flexibility index (Phi) is 22.9. The number of ether oxygens (including phenoxy) is 5. The van der Waals surface area contributed by atoms with Gasteiger partial charge in [-0.05, 0) is 108 Å². The number of hydrogen-bond acceptors (Lipinski definition) is 9. The quantitative estimate of drug-likeness (QED) is 0.0321. The highest BCUT2D eigenvalue weighted by Crippen LogP contribution is 2.32. The van der Waals surface area contributed by atoms with Gasteiger partial charge in [-0.15, -0.1) is 0 Å². The van der Waals surface area contributed by atoms with E-state index in [1.54, 1.807) is 22.0 Å². The van der Waals surface area contributed by atoms with E-state index in [9.17, 15) is 14.4 Å². The molecule has 0 bridgehead atoms. The van der Waals surface area contributed by atoms with E-state index in [4.69, 9.17) is 29.4 Å². The topological polar surface area (TPSA) is 142 Å². The number of aryl methyl sites for hydroxylation is 1. The van der Waals surface area contributed by atoms with Gasteiger partial charge in [-0.2, -0.15) is 0 Å². The number of rotatable bonds is 31. The van der Waals surface area contributed by atoms with Gasteiger partial charge in [0.25, 0.3) is 0 Å². The zero-order valence-electron chi connectivity index (χ0n) is 43.3. The number of benzene rings is 7. The van der Waals surface area contributed by atoms with Crippen LogP contribution in [0.4, 0.5) is 4.79 Å². The molecule has 0 fully saturated rings. The maximum atomic E-state index is 13.7. The minimum atomic E-state index is -0.431. The van der Waals surface area contributed by atoms with Crippen LogP contribution < -0.4 is 30.0 Å². The number of unbranched alkanes of at least 4 members (excludes halogenated alkanes) is 1. The van der Waals surface area contributed by atoms with Gasteiger partial charge in [-0.3, -0.25) is 9.59 Å². The molecule has 0 saturated carbocycles. The van der Waals surface area contributed by atoms with E-state index >= 15 is 0 Å². The van der Waals surface area contributed by atoms with Gasteiger partial charge in [0.2, 0.25) is 11.8 Å². The van der Waals surface area contributed by atoms with Crippen LogP contribution in [-0.2, 0) is 53.8 Å². The fourth-order valence-corrected chi connectivity index (χ4v) is 8.18. The van der Waals surface area contributed by atoms with E-state index in [2.05, 4.69) is 5.32 Å².